The lowest BCUT2D eigenvalue weighted by Gasteiger charge is -2.37. The summed E-state index contributed by atoms with van der Waals surface area (Å²) in [4.78, 5) is 11.9. The predicted molar refractivity (Wildman–Crippen MR) is 124 cm³/mol. The van der Waals surface area contributed by atoms with E-state index in [4.69, 9.17) is 0 Å². The summed E-state index contributed by atoms with van der Waals surface area (Å²) >= 11 is 0. The highest BCUT2D eigenvalue weighted by molar-refractivity contribution is 6.09. The van der Waals surface area contributed by atoms with Gasteiger partial charge in [-0.05, 0) is 46.7 Å². The number of aliphatic carboxylic acids is 1. The largest absolute Gasteiger partial charge is 0.478 e. The summed E-state index contributed by atoms with van der Waals surface area (Å²) in [6.45, 7) is 2.16. The fourth-order valence-corrected chi connectivity index (χ4v) is 5.64. The number of unbranched alkanes of at least 4 members (excludes halogenated alkanes) is 2. The SMILES string of the molecule is CCCCCc1cccc2c1C1(C(C#N)=C(C#N)N3N=CC(C(=O)O)=CC31)c1ccccc1-2. The van der Waals surface area contributed by atoms with Crippen LogP contribution < -0.4 is 0 Å². The smallest absolute Gasteiger partial charge is 0.337 e. The van der Waals surface area contributed by atoms with Gasteiger partial charge in [-0.1, -0.05) is 62.2 Å². The summed E-state index contributed by atoms with van der Waals surface area (Å²) in [5.41, 5.74) is 4.64. The number of allylic oxidation sites excluding steroid dienone is 1. The van der Waals surface area contributed by atoms with E-state index in [2.05, 4.69) is 36.3 Å². The van der Waals surface area contributed by atoms with Crippen molar-refractivity contribution in [3.05, 3.63) is 82.1 Å². The van der Waals surface area contributed by atoms with Gasteiger partial charge in [-0.2, -0.15) is 15.6 Å². The zero-order valence-corrected chi connectivity index (χ0v) is 18.2. The molecule has 2 unspecified atom stereocenters. The van der Waals surface area contributed by atoms with E-state index in [0.29, 0.717) is 5.57 Å². The Morgan fingerprint density at radius 2 is 1.91 bits per heavy atom. The summed E-state index contributed by atoms with van der Waals surface area (Å²) in [6, 6.07) is 18.0. The molecular weight excluding hydrogens is 412 g/mol. The number of nitrogens with zero attached hydrogens (tertiary/aromatic N) is 4. The molecule has 162 valence electrons. The predicted octanol–water partition coefficient (Wildman–Crippen LogP) is 4.68. The van der Waals surface area contributed by atoms with Crippen molar-refractivity contribution in [2.24, 2.45) is 5.10 Å². The first-order valence-corrected chi connectivity index (χ1v) is 11.1. The standard InChI is InChI=1S/C27H22N4O2/c1-2-3-4-8-17-9-7-11-20-19-10-5-6-12-21(19)27(25(17)20)22(14-28)23(15-29)31-24(27)13-18(16-30-31)26(32)33/h5-7,9-13,16,24H,2-4,8H2,1H3,(H,32,33). The summed E-state index contributed by atoms with van der Waals surface area (Å²) < 4.78 is 0. The van der Waals surface area contributed by atoms with Crippen molar-refractivity contribution in [2.75, 3.05) is 0 Å². The third-order valence-electron chi connectivity index (χ3n) is 6.93. The summed E-state index contributed by atoms with van der Waals surface area (Å²) in [5, 5.41) is 36.0. The first kappa shape index (κ1) is 20.7. The molecule has 0 saturated carbocycles. The van der Waals surface area contributed by atoms with E-state index >= 15 is 0 Å². The molecule has 6 nitrogen and oxygen atoms in total. The van der Waals surface area contributed by atoms with E-state index in [9.17, 15) is 20.4 Å². The second kappa shape index (κ2) is 7.76. The number of hydrogen-bond acceptors (Lipinski definition) is 5. The van der Waals surface area contributed by atoms with Crippen molar-refractivity contribution < 1.29 is 9.90 Å². The number of hydrazone groups is 1. The van der Waals surface area contributed by atoms with Gasteiger partial charge in [0, 0.05) is 0 Å². The third kappa shape index (κ3) is 2.71. The Hall–Kier alpha value is -4.16. The lowest BCUT2D eigenvalue weighted by Crippen LogP contribution is -2.44. The zero-order chi connectivity index (χ0) is 23.2. The van der Waals surface area contributed by atoms with Crippen LogP contribution in [0.15, 0.2) is 70.5 Å². The quantitative estimate of drug-likeness (QED) is 0.689. The van der Waals surface area contributed by atoms with Gasteiger partial charge in [0.05, 0.1) is 34.9 Å². The molecule has 0 amide bonds. The average Bonchev–Trinajstić information content (AvgIpc) is 3.30. The van der Waals surface area contributed by atoms with Gasteiger partial charge in [0.1, 0.15) is 6.07 Å². The zero-order valence-electron chi connectivity index (χ0n) is 18.2. The lowest BCUT2D eigenvalue weighted by molar-refractivity contribution is -0.132. The van der Waals surface area contributed by atoms with E-state index in [1.165, 1.54) is 11.2 Å². The van der Waals surface area contributed by atoms with Crippen LogP contribution in [0.5, 0.6) is 0 Å². The van der Waals surface area contributed by atoms with Crippen LogP contribution in [-0.4, -0.2) is 28.3 Å². The number of carboxylic acids is 1. The summed E-state index contributed by atoms with van der Waals surface area (Å²) in [6.07, 6.45) is 6.94. The molecule has 33 heavy (non-hydrogen) atoms. The van der Waals surface area contributed by atoms with Crippen LogP contribution in [0.4, 0.5) is 0 Å². The Labute approximate surface area is 192 Å². The van der Waals surface area contributed by atoms with Crippen LogP contribution in [0.2, 0.25) is 0 Å². The molecule has 0 radical (unpaired) electrons. The number of nitriles is 2. The van der Waals surface area contributed by atoms with Crippen molar-refractivity contribution >= 4 is 12.2 Å². The van der Waals surface area contributed by atoms with Gasteiger partial charge in [-0.15, -0.1) is 0 Å². The molecule has 0 aromatic heterocycles. The number of carbonyl (C=O) groups is 1. The first-order valence-electron chi connectivity index (χ1n) is 11.1. The number of carboxylic acid groups (broad SMARTS) is 1. The second-order valence-electron chi connectivity index (χ2n) is 8.56. The van der Waals surface area contributed by atoms with Gasteiger partial charge in [0.25, 0.3) is 0 Å². The number of hydrogen-bond donors (Lipinski definition) is 1. The van der Waals surface area contributed by atoms with Crippen molar-refractivity contribution in [1.82, 2.24) is 5.01 Å². The number of fused-ring (bicyclic) bond motifs is 7. The van der Waals surface area contributed by atoms with Gasteiger partial charge in [-0.3, -0.25) is 0 Å². The molecule has 0 saturated heterocycles. The Morgan fingerprint density at radius 1 is 1.12 bits per heavy atom. The molecule has 1 aliphatic carbocycles. The second-order valence-corrected chi connectivity index (χ2v) is 8.56. The molecule has 5 rings (SSSR count). The van der Waals surface area contributed by atoms with E-state index in [-0.39, 0.29) is 11.3 Å². The fraction of sp³-hybridized carbons (Fsp3) is 0.259. The van der Waals surface area contributed by atoms with Crippen LogP contribution in [0, 0.1) is 22.7 Å². The van der Waals surface area contributed by atoms with Gasteiger partial charge >= 0.3 is 5.97 Å². The Morgan fingerprint density at radius 3 is 2.64 bits per heavy atom. The maximum atomic E-state index is 11.9. The maximum Gasteiger partial charge on any atom is 0.337 e. The Balaban J connectivity index is 1.87. The third-order valence-corrected chi connectivity index (χ3v) is 6.93. The molecule has 2 aliphatic heterocycles. The van der Waals surface area contributed by atoms with Crippen molar-refractivity contribution in [3.63, 3.8) is 0 Å². The molecule has 2 aromatic rings. The molecule has 2 atom stereocenters. The monoisotopic (exact) mass is 434 g/mol. The average molecular weight is 434 g/mol. The van der Waals surface area contributed by atoms with Crippen LogP contribution in [0.3, 0.4) is 0 Å². The van der Waals surface area contributed by atoms with E-state index in [1.54, 1.807) is 6.08 Å². The molecule has 2 heterocycles. The van der Waals surface area contributed by atoms with E-state index < -0.39 is 17.4 Å². The molecule has 0 fully saturated rings. The fourth-order valence-electron chi connectivity index (χ4n) is 5.64. The number of rotatable bonds is 5. The van der Waals surface area contributed by atoms with Gasteiger partial charge in [0.15, 0.2) is 5.70 Å². The molecule has 2 aromatic carbocycles. The normalized spacial score (nSPS) is 21.8. The minimum atomic E-state index is -1.08. The van der Waals surface area contributed by atoms with Crippen LogP contribution >= 0.6 is 0 Å². The molecule has 3 aliphatic rings. The van der Waals surface area contributed by atoms with Crippen molar-refractivity contribution in [2.45, 2.75) is 44.1 Å². The lowest BCUT2D eigenvalue weighted by atomic mass is 9.66. The minimum Gasteiger partial charge on any atom is -0.478 e. The number of benzene rings is 2. The highest BCUT2D eigenvalue weighted by atomic mass is 16.4. The van der Waals surface area contributed by atoms with Crippen molar-refractivity contribution in [3.8, 4) is 23.3 Å². The van der Waals surface area contributed by atoms with E-state index in [0.717, 1.165) is 53.5 Å². The Bertz CT molecular complexity index is 1350. The maximum absolute atomic E-state index is 11.9. The minimum absolute atomic E-state index is 0.0569. The number of aryl methyl sites for hydroxylation is 1. The van der Waals surface area contributed by atoms with Crippen LogP contribution in [0.1, 0.15) is 42.9 Å². The molecule has 1 spiro atoms. The van der Waals surface area contributed by atoms with Gasteiger partial charge < -0.3 is 5.11 Å². The Kier molecular flexibility index (Phi) is 4.87. The highest BCUT2D eigenvalue weighted by Gasteiger charge is 2.60. The van der Waals surface area contributed by atoms with Crippen LogP contribution in [-0.2, 0) is 16.6 Å². The topological polar surface area (TPSA) is 100 Å². The van der Waals surface area contributed by atoms with Gasteiger partial charge in [0.2, 0.25) is 0 Å². The highest BCUT2D eigenvalue weighted by Crippen LogP contribution is 2.61. The van der Waals surface area contributed by atoms with Crippen LogP contribution in [0.25, 0.3) is 11.1 Å². The van der Waals surface area contributed by atoms with E-state index in [1.807, 2.05) is 30.3 Å². The molecule has 6 heteroatoms. The summed E-state index contributed by atoms with van der Waals surface area (Å²) in [7, 11) is 0. The summed E-state index contributed by atoms with van der Waals surface area (Å²) in [5.74, 6) is -1.08. The first-order chi connectivity index (χ1) is 16.1. The van der Waals surface area contributed by atoms with Crippen molar-refractivity contribution in [1.29, 1.82) is 10.5 Å². The molecule has 1 N–H and O–H groups in total. The van der Waals surface area contributed by atoms with Gasteiger partial charge in [-0.25, -0.2) is 9.80 Å². The molecule has 0 bridgehead atoms. The molecular formula is C27H22N4O2.